The Morgan fingerprint density at radius 1 is 1.00 bits per heavy atom. The largest absolute Gasteiger partial charge is 0.331 e. The lowest BCUT2D eigenvalue weighted by atomic mass is 9.76. The van der Waals surface area contributed by atoms with Crippen molar-refractivity contribution in [3.8, 4) is 0 Å². The third-order valence-electron chi connectivity index (χ3n) is 7.76. The van der Waals surface area contributed by atoms with E-state index in [0.29, 0.717) is 11.1 Å². The highest BCUT2D eigenvalue weighted by molar-refractivity contribution is 6.05. The van der Waals surface area contributed by atoms with Crippen LogP contribution in [0.2, 0.25) is 0 Å². The number of aromatic nitrogens is 2. The maximum Gasteiger partial charge on any atom is 0.237 e. The van der Waals surface area contributed by atoms with Crippen molar-refractivity contribution in [1.82, 2.24) is 19.4 Å². The summed E-state index contributed by atoms with van der Waals surface area (Å²) in [5, 5.41) is 0.938. The van der Waals surface area contributed by atoms with Crippen LogP contribution < -0.4 is 4.90 Å². The van der Waals surface area contributed by atoms with Crippen LogP contribution >= 0.6 is 0 Å². The van der Waals surface area contributed by atoms with Gasteiger partial charge in [0.15, 0.2) is 11.6 Å². The fraction of sp³-hybridized carbons (Fsp3) is 0.481. The van der Waals surface area contributed by atoms with Crippen LogP contribution in [0.3, 0.4) is 0 Å². The molecule has 6 nitrogen and oxygen atoms in total. The van der Waals surface area contributed by atoms with Gasteiger partial charge in [-0.15, -0.1) is 0 Å². The molecule has 0 saturated carbocycles. The lowest BCUT2D eigenvalue weighted by molar-refractivity contribution is -0.123. The zero-order valence-corrected chi connectivity index (χ0v) is 21.4. The Kier molecular flexibility index (Phi) is 5.72. The van der Waals surface area contributed by atoms with Crippen LogP contribution in [0.1, 0.15) is 41.8 Å². The zero-order valence-electron chi connectivity index (χ0n) is 21.4. The first kappa shape index (κ1) is 23.9. The molecule has 2 aliphatic heterocycles. The first-order valence-corrected chi connectivity index (χ1v) is 12.2. The molecule has 2 aliphatic rings. The number of pyridine rings is 1. The van der Waals surface area contributed by atoms with Crippen molar-refractivity contribution in [2.75, 3.05) is 38.1 Å². The topological polar surface area (TPSA) is 44.6 Å². The predicted octanol–water partition coefficient (Wildman–Crippen LogP) is 4.04. The third kappa shape index (κ3) is 3.74. The summed E-state index contributed by atoms with van der Waals surface area (Å²) in [6.07, 6.45) is 1.76. The molecule has 1 amide bonds. The number of anilines is 1. The number of fused-ring (bicyclic) bond motifs is 3. The lowest BCUT2D eigenvalue weighted by Gasteiger charge is -2.39. The van der Waals surface area contributed by atoms with E-state index in [1.54, 1.807) is 20.0 Å². The van der Waals surface area contributed by atoms with Crippen LogP contribution in [-0.2, 0) is 30.3 Å². The maximum absolute atomic E-state index is 15.1. The number of nitrogens with zero attached hydrogens (tertiary/aromatic N) is 5. The number of benzene rings is 1. The molecule has 1 aromatic carbocycles. The summed E-state index contributed by atoms with van der Waals surface area (Å²) in [7, 11) is 4.15. The second-order valence-corrected chi connectivity index (χ2v) is 10.7. The van der Waals surface area contributed by atoms with Crippen LogP contribution in [0.5, 0.6) is 0 Å². The fourth-order valence-corrected chi connectivity index (χ4v) is 5.63. The number of likely N-dealkylation sites (N-methyl/N-ethyl adjacent to an activating group) is 1. The van der Waals surface area contributed by atoms with Crippen LogP contribution in [0.25, 0.3) is 11.0 Å². The first-order valence-electron chi connectivity index (χ1n) is 12.2. The molecule has 35 heavy (non-hydrogen) atoms. The standard InChI is InChI=1S/C27H33F2N5O/c1-16-11-17(2)23(29)24(22(16)28)34-14-18-13-30-25-20(21(18)27(3,4)26(34)35)12-19(32(25)6)15-33-9-7-31(5)8-10-33/h11-13H,7-10,14-15H2,1-6H3. The van der Waals surface area contributed by atoms with E-state index in [1.807, 2.05) is 20.9 Å². The fourth-order valence-electron chi connectivity index (χ4n) is 5.63. The summed E-state index contributed by atoms with van der Waals surface area (Å²) < 4.78 is 32.3. The molecule has 0 atom stereocenters. The van der Waals surface area contributed by atoms with Crippen molar-refractivity contribution in [2.24, 2.45) is 7.05 Å². The SMILES string of the molecule is Cc1cc(C)c(F)c(N2Cc3cnc4c(cc(CN5CCN(C)CC5)n4C)c3C(C)(C)C2=O)c1F. The number of halogens is 2. The molecule has 4 heterocycles. The predicted molar refractivity (Wildman–Crippen MR) is 134 cm³/mol. The quantitative estimate of drug-likeness (QED) is 0.567. The number of rotatable bonds is 3. The maximum atomic E-state index is 15.1. The van der Waals surface area contributed by atoms with Gasteiger partial charge in [-0.2, -0.15) is 0 Å². The number of hydrogen-bond acceptors (Lipinski definition) is 4. The van der Waals surface area contributed by atoms with E-state index in [9.17, 15) is 4.79 Å². The Balaban J connectivity index is 1.59. The van der Waals surface area contributed by atoms with Crippen LogP contribution in [0.15, 0.2) is 18.3 Å². The van der Waals surface area contributed by atoms with Crippen molar-refractivity contribution >= 4 is 22.6 Å². The molecule has 186 valence electrons. The van der Waals surface area contributed by atoms with E-state index < -0.39 is 17.0 Å². The van der Waals surface area contributed by atoms with Gasteiger partial charge in [0.25, 0.3) is 0 Å². The average molecular weight is 482 g/mol. The van der Waals surface area contributed by atoms with E-state index in [0.717, 1.165) is 60.6 Å². The average Bonchev–Trinajstić information content (AvgIpc) is 3.12. The molecular formula is C27H33F2N5O. The molecule has 3 aromatic rings. The highest BCUT2D eigenvalue weighted by Gasteiger charge is 2.44. The van der Waals surface area contributed by atoms with Crippen molar-refractivity contribution in [3.63, 3.8) is 0 Å². The minimum absolute atomic E-state index is 0.0833. The minimum Gasteiger partial charge on any atom is -0.331 e. The zero-order chi connectivity index (χ0) is 25.2. The van der Waals surface area contributed by atoms with Gasteiger partial charge < -0.3 is 14.4 Å². The Morgan fingerprint density at radius 2 is 1.63 bits per heavy atom. The summed E-state index contributed by atoms with van der Waals surface area (Å²) in [4.78, 5) is 24.5. The van der Waals surface area contributed by atoms with E-state index in [1.165, 1.54) is 11.0 Å². The van der Waals surface area contributed by atoms with Crippen molar-refractivity contribution in [1.29, 1.82) is 0 Å². The van der Waals surface area contributed by atoms with Crippen LogP contribution in [-0.4, -0.2) is 58.5 Å². The van der Waals surface area contributed by atoms with Crippen molar-refractivity contribution < 1.29 is 13.6 Å². The second kappa shape index (κ2) is 8.38. The van der Waals surface area contributed by atoms with Gasteiger partial charge in [-0.1, -0.05) is 6.07 Å². The molecule has 2 aromatic heterocycles. The van der Waals surface area contributed by atoms with E-state index >= 15 is 8.78 Å². The van der Waals surface area contributed by atoms with Gasteiger partial charge in [0.05, 0.1) is 12.0 Å². The molecule has 1 fully saturated rings. The molecule has 0 radical (unpaired) electrons. The summed E-state index contributed by atoms with van der Waals surface area (Å²) in [6, 6.07) is 3.61. The summed E-state index contributed by atoms with van der Waals surface area (Å²) in [6.45, 7) is 11.9. The Morgan fingerprint density at radius 3 is 2.26 bits per heavy atom. The van der Waals surface area contributed by atoms with Gasteiger partial charge in [-0.3, -0.25) is 9.69 Å². The molecule has 0 unspecified atom stereocenters. The van der Waals surface area contributed by atoms with Gasteiger partial charge in [-0.25, -0.2) is 13.8 Å². The van der Waals surface area contributed by atoms with Crippen LogP contribution in [0, 0.1) is 25.5 Å². The molecule has 0 N–H and O–H groups in total. The Labute approximate surface area is 205 Å². The van der Waals surface area contributed by atoms with E-state index in [2.05, 4.69) is 27.5 Å². The van der Waals surface area contributed by atoms with E-state index in [-0.39, 0.29) is 18.1 Å². The summed E-state index contributed by atoms with van der Waals surface area (Å²) >= 11 is 0. The molecule has 0 bridgehead atoms. The van der Waals surface area contributed by atoms with Crippen molar-refractivity contribution in [3.05, 3.63) is 57.9 Å². The highest BCUT2D eigenvalue weighted by Crippen LogP contribution is 2.42. The molecule has 8 heteroatoms. The highest BCUT2D eigenvalue weighted by atomic mass is 19.1. The molecule has 0 spiro atoms. The van der Waals surface area contributed by atoms with Gasteiger partial charge in [0.1, 0.15) is 11.3 Å². The molecule has 0 aliphatic carbocycles. The monoisotopic (exact) mass is 481 g/mol. The Bertz CT molecular complexity index is 1310. The second-order valence-electron chi connectivity index (χ2n) is 10.7. The lowest BCUT2D eigenvalue weighted by Crippen LogP contribution is -2.49. The van der Waals surface area contributed by atoms with Crippen LogP contribution in [0.4, 0.5) is 14.5 Å². The normalized spacial score (nSPS) is 19.0. The molecule has 1 saturated heterocycles. The van der Waals surface area contributed by atoms with Gasteiger partial charge >= 0.3 is 0 Å². The smallest absolute Gasteiger partial charge is 0.237 e. The summed E-state index contributed by atoms with van der Waals surface area (Å²) in [5.41, 5.74) is 3.08. The molecular weight excluding hydrogens is 448 g/mol. The number of carbonyl (C=O) groups excluding carboxylic acids is 1. The molecule has 5 rings (SSSR count). The number of carbonyl (C=O) groups is 1. The first-order chi connectivity index (χ1) is 16.5. The number of hydrogen-bond donors (Lipinski definition) is 0. The number of amides is 1. The van der Waals surface area contributed by atoms with Crippen molar-refractivity contribution in [2.45, 2.75) is 46.2 Å². The number of piperazine rings is 1. The minimum atomic E-state index is -0.974. The van der Waals surface area contributed by atoms with Gasteiger partial charge in [0, 0.05) is 57.0 Å². The Hall–Kier alpha value is -2.84. The number of aryl methyl sites for hydroxylation is 3. The van der Waals surface area contributed by atoms with Gasteiger partial charge in [-0.05, 0) is 63.1 Å². The van der Waals surface area contributed by atoms with Gasteiger partial charge in [0.2, 0.25) is 5.91 Å². The van der Waals surface area contributed by atoms with E-state index in [4.69, 9.17) is 4.98 Å². The summed E-state index contributed by atoms with van der Waals surface area (Å²) in [5.74, 6) is -1.70. The third-order valence-corrected chi connectivity index (χ3v) is 7.76.